The molecule has 0 spiro atoms. The molecule has 2 N–H and O–H groups in total. The van der Waals surface area contributed by atoms with Crippen molar-refractivity contribution in [3.63, 3.8) is 0 Å². The topological polar surface area (TPSA) is 75.3 Å². The minimum absolute atomic E-state index is 0.210. The first kappa shape index (κ1) is 18.6. The van der Waals surface area contributed by atoms with Crippen LogP contribution in [0.3, 0.4) is 0 Å². The van der Waals surface area contributed by atoms with E-state index in [0.29, 0.717) is 36.4 Å². The Morgan fingerprint density at radius 2 is 1.88 bits per heavy atom. The molecule has 1 heterocycles. The van der Waals surface area contributed by atoms with E-state index in [4.69, 9.17) is 0 Å². The third kappa shape index (κ3) is 6.03. The molecular formula is C16H19FN2O3S2. The summed E-state index contributed by atoms with van der Waals surface area (Å²) in [7, 11) is -3.20. The van der Waals surface area contributed by atoms with E-state index in [1.165, 1.54) is 17.4 Å². The van der Waals surface area contributed by atoms with Crippen LogP contribution in [0.5, 0.6) is 0 Å². The summed E-state index contributed by atoms with van der Waals surface area (Å²) in [6.45, 7) is 0.649. The maximum absolute atomic E-state index is 13.5. The number of thiophene rings is 1. The monoisotopic (exact) mass is 370 g/mol. The van der Waals surface area contributed by atoms with Crippen molar-refractivity contribution in [2.75, 3.05) is 19.3 Å². The number of carbonyl (C=O) groups is 1. The van der Waals surface area contributed by atoms with E-state index < -0.39 is 10.0 Å². The maximum atomic E-state index is 13.5. The van der Waals surface area contributed by atoms with Gasteiger partial charge in [0.1, 0.15) is 5.82 Å². The van der Waals surface area contributed by atoms with Crippen molar-refractivity contribution in [2.45, 2.75) is 12.8 Å². The number of rotatable bonds is 8. The number of carbonyl (C=O) groups excluding carboxylic acids is 1. The highest BCUT2D eigenvalue weighted by Gasteiger charge is 2.10. The van der Waals surface area contributed by atoms with E-state index in [1.807, 2.05) is 0 Å². The SMILES string of the molecule is CS(=O)(=O)NCCc1ccc(C(=O)NCCc2ccccc2F)s1. The smallest absolute Gasteiger partial charge is 0.261 e. The van der Waals surface area contributed by atoms with E-state index >= 15 is 0 Å². The summed E-state index contributed by atoms with van der Waals surface area (Å²) in [5, 5.41) is 2.76. The predicted octanol–water partition coefficient (Wildman–Crippen LogP) is 1.95. The van der Waals surface area contributed by atoms with Crippen molar-refractivity contribution in [1.82, 2.24) is 10.0 Å². The number of nitrogens with one attached hydrogen (secondary N) is 2. The van der Waals surface area contributed by atoms with Crippen LogP contribution in [0.1, 0.15) is 20.1 Å². The summed E-state index contributed by atoms with van der Waals surface area (Å²) in [5.74, 6) is -0.484. The van der Waals surface area contributed by atoms with Gasteiger partial charge in [0.05, 0.1) is 11.1 Å². The molecular weight excluding hydrogens is 351 g/mol. The maximum Gasteiger partial charge on any atom is 0.261 e. The first-order valence-electron chi connectivity index (χ1n) is 7.40. The molecule has 2 aromatic rings. The molecule has 0 fully saturated rings. The van der Waals surface area contributed by atoms with E-state index in [1.54, 1.807) is 30.3 Å². The average Bonchev–Trinajstić information content (AvgIpc) is 2.97. The second-order valence-corrected chi connectivity index (χ2v) is 8.28. The van der Waals surface area contributed by atoms with Gasteiger partial charge >= 0.3 is 0 Å². The van der Waals surface area contributed by atoms with Crippen LogP contribution in [-0.2, 0) is 22.9 Å². The Bertz CT molecular complexity index is 803. The molecule has 1 aromatic heterocycles. The summed E-state index contributed by atoms with van der Waals surface area (Å²) in [5.41, 5.74) is 0.566. The molecule has 1 amide bonds. The lowest BCUT2D eigenvalue weighted by molar-refractivity contribution is 0.0958. The van der Waals surface area contributed by atoms with Gasteiger partial charge in [0.2, 0.25) is 10.0 Å². The molecule has 0 atom stereocenters. The van der Waals surface area contributed by atoms with Crippen molar-refractivity contribution in [3.8, 4) is 0 Å². The van der Waals surface area contributed by atoms with E-state index in [0.717, 1.165) is 11.1 Å². The van der Waals surface area contributed by atoms with Crippen molar-refractivity contribution < 1.29 is 17.6 Å². The van der Waals surface area contributed by atoms with E-state index in [9.17, 15) is 17.6 Å². The van der Waals surface area contributed by atoms with Gasteiger partial charge in [0.25, 0.3) is 5.91 Å². The fraction of sp³-hybridized carbons (Fsp3) is 0.312. The normalized spacial score (nSPS) is 11.4. The molecule has 5 nitrogen and oxygen atoms in total. The first-order chi connectivity index (χ1) is 11.3. The van der Waals surface area contributed by atoms with Gasteiger partial charge in [0.15, 0.2) is 0 Å². The van der Waals surface area contributed by atoms with Gasteiger partial charge in [0, 0.05) is 18.0 Å². The Morgan fingerprint density at radius 3 is 2.58 bits per heavy atom. The largest absolute Gasteiger partial charge is 0.351 e. The lowest BCUT2D eigenvalue weighted by Crippen LogP contribution is -2.25. The first-order valence-corrected chi connectivity index (χ1v) is 10.1. The van der Waals surface area contributed by atoms with Crippen LogP contribution < -0.4 is 10.0 Å². The summed E-state index contributed by atoms with van der Waals surface area (Å²) in [6, 6.07) is 9.99. The Hall–Kier alpha value is -1.77. The molecule has 0 saturated carbocycles. The Labute approximate surface area is 145 Å². The van der Waals surface area contributed by atoms with Crippen LogP contribution in [0.15, 0.2) is 36.4 Å². The fourth-order valence-electron chi connectivity index (χ4n) is 2.09. The lowest BCUT2D eigenvalue weighted by atomic mass is 10.1. The second kappa shape index (κ2) is 8.36. The third-order valence-electron chi connectivity index (χ3n) is 3.26. The molecule has 0 bridgehead atoms. The minimum atomic E-state index is -3.20. The number of hydrogen-bond donors (Lipinski definition) is 2. The molecule has 0 saturated heterocycles. The average molecular weight is 370 g/mol. The molecule has 0 unspecified atom stereocenters. The zero-order valence-corrected chi connectivity index (χ0v) is 14.8. The molecule has 8 heteroatoms. The molecule has 0 aliphatic carbocycles. The number of benzene rings is 1. The summed E-state index contributed by atoms with van der Waals surface area (Å²) >= 11 is 1.32. The van der Waals surface area contributed by atoms with Crippen LogP contribution in [0, 0.1) is 5.82 Å². The van der Waals surface area contributed by atoms with Gasteiger partial charge in [-0.1, -0.05) is 18.2 Å². The molecule has 0 aliphatic heterocycles. The van der Waals surface area contributed by atoms with Crippen LogP contribution in [0.4, 0.5) is 4.39 Å². The van der Waals surface area contributed by atoms with E-state index in [2.05, 4.69) is 10.0 Å². The zero-order chi connectivity index (χ0) is 17.6. The summed E-state index contributed by atoms with van der Waals surface area (Å²) in [4.78, 5) is 13.5. The van der Waals surface area contributed by atoms with Crippen LogP contribution >= 0.6 is 11.3 Å². The van der Waals surface area contributed by atoms with Gasteiger partial charge in [-0.05, 0) is 36.6 Å². The number of sulfonamides is 1. The number of amides is 1. The zero-order valence-electron chi connectivity index (χ0n) is 13.2. The molecule has 130 valence electrons. The minimum Gasteiger partial charge on any atom is -0.351 e. The van der Waals surface area contributed by atoms with Crippen molar-refractivity contribution in [3.05, 3.63) is 57.5 Å². The summed E-state index contributed by atoms with van der Waals surface area (Å²) < 4.78 is 37.9. The van der Waals surface area contributed by atoms with Crippen molar-refractivity contribution in [2.24, 2.45) is 0 Å². The Balaban J connectivity index is 1.80. The standard InChI is InChI=1S/C16H19FN2O3S2/c1-24(21,22)19-11-9-13-6-7-15(23-13)16(20)18-10-8-12-4-2-3-5-14(12)17/h2-7,19H,8-11H2,1H3,(H,18,20). The molecule has 0 aliphatic rings. The van der Waals surface area contributed by atoms with Gasteiger partial charge < -0.3 is 5.32 Å². The third-order valence-corrected chi connectivity index (χ3v) is 5.13. The van der Waals surface area contributed by atoms with Gasteiger partial charge in [-0.3, -0.25) is 4.79 Å². The van der Waals surface area contributed by atoms with Crippen LogP contribution in [0.25, 0.3) is 0 Å². The molecule has 2 rings (SSSR count). The quantitative estimate of drug-likeness (QED) is 0.746. The van der Waals surface area contributed by atoms with Crippen LogP contribution in [-0.4, -0.2) is 33.7 Å². The van der Waals surface area contributed by atoms with Gasteiger partial charge in [-0.15, -0.1) is 11.3 Å². The highest BCUT2D eigenvalue weighted by Crippen LogP contribution is 2.17. The van der Waals surface area contributed by atoms with Gasteiger partial charge in [-0.2, -0.15) is 0 Å². The van der Waals surface area contributed by atoms with Crippen molar-refractivity contribution in [1.29, 1.82) is 0 Å². The molecule has 24 heavy (non-hydrogen) atoms. The van der Waals surface area contributed by atoms with E-state index in [-0.39, 0.29) is 11.7 Å². The number of hydrogen-bond acceptors (Lipinski definition) is 4. The van der Waals surface area contributed by atoms with Crippen molar-refractivity contribution >= 4 is 27.3 Å². The highest BCUT2D eigenvalue weighted by atomic mass is 32.2. The van der Waals surface area contributed by atoms with Gasteiger partial charge in [-0.25, -0.2) is 17.5 Å². The Morgan fingerprint density at radius 1 is 1.12 bits per heavy atom. The Kier molecular flexibility index (Phi) is 6.47. The summed E-state index contributed by atoms with van der Waals surface area (Å²) in [6.07, 6.45) is 2.06. The van der Waals surface area contributed by atoms with Crippen LogP contribution in [0.2, 0.25) is 0 Å². The lowest BCUT2D eigenvalue weighted by Gasteiger charge is -2.05. The number of halogens is 1. The molecule has 1 aromatic carbocycles. The predicted molar refractivity (Wildman–Crippen MR) is 93.3 cm³/mol. The highest BCUT2D eigenvalue weighted by molar-refractivity contribution is 7.88. The second-order valence-electron chi connectivity index (χ2n) is 5.28. The molecule has 0 radical (unpaired) electrons. The fourth-order valence-corrected chi connectivity index (χ4v) is 3.49.